The van der Waals surface area contributed by atoms with E-state index in [4.69, 9.17) is 4.74 Å². The van der Waals surface area contributed by atoms with Gasteiger partial charge in [0.2, 0.25) is 5.91 Å². The topological polar surface area (TPSA) is 148 Å². The molecule has 5 rings (SSSR count). The Morgan fingerprint density at radius 1 is 1.11 bits per heavy atom. The van der Waals surface area contributed by atoms with Gasteiger partial charge in [-0.25, -0.2) is 9.78 Å². The standard InChI is InChI=1S/C24H21N7O4S2/c1-2-35-16-9-7-15(8-10-16)31-19(11-14-12-20(32)27-22(34)25-14)29-30-24(31)36-13-21(33)28-23-26-17-5-3-4-6-18(17)37-23/h3-10,12H,2,11,13H2,1H3,(H,26,28,33)(H2,25,27,32,34). The summed E-state index contributed by atoms with van der Waals surface area (Å²) in [7, 11) is 0. The van der Waals surface area contributed by atoms with Crippen LogP contribution in [0.25, 0.3) is 15.9 Å². The van der Waals surface area contributed by atoms with E-state index < -0.39 is 11.2 Å². The molecule has 0 fully saturated rings. The Bertz CT molecular complexity index is 1610. The van der Waals surface area contributed by atoms with E-state index in [-0.39, 0.29) is 18.1 Å². The second-order valence-electron chi connectivity index (χ2n) is 7.77. The Morgan fingerprint density at radius 3 is 2.68 bits per heavy atom. The predicted octanol–water partition coefficient (Wildman–Crippen LogP) is 2.97. The van der Waals surface area contributed by atoms with E-state index in [2.05, 4.69) is 30.5 Å². The second kappa shape index (κ2) is 10.8. The van der Waals surface area contributed by atoms with Crippen molar-refractivity contribution in [3.8, 4) is 11.4 Å². The Labute approximate surface area is 218 Å². The molecule has 3 N–H and O–H groups in total. The number of aromatic amines is 2. The second-order valence-corrected chi connectivity index (χ2v) is 9.75. The van der Waals surface area contributed by atoms with Crippen molar-refractivity contribution < 1.29 is 9.53 Å². The number of ether oxygens (including phenoxy) is 1. The molecule has 0 unspecified atom stereocenters. The first kappa shape index (κ1) is 24.5. The fourth-order valence-corrected chi connectivity index (χ4v) is 5.27. The molecular formula is C24H21N7O4S2. The highest BCUT2D eigenvalue weighted by Gasteiger charge is 2.18. The summed E-state index contributed by atoms with van der Waals surface area (Å²) >= 11 is 2.62. The van der Waals surface area contributed by atoms with E-state index in [0.717, 1.165) is 15.9 Å². The highest BCUT2D eigenvalue weighted by Crippen LogP contribution is 2.27. The maximum Gasteiger partial charge on any atom is 0.325 e. The smallest absolute Gasteiger partial charge is 0.325 e. The van der Waals surface area contributed by atoms with Crippen molar-refractivity contribution in [2.45, 2.75) is 18.5 Å². The van der Waals surface area contributed by atoms with Crippen LogP contribution in [0.1, 0.15) is 18.4 Å². The quantitative estimate of drug-likeness (QED) is 0.244. The van der Waals surface area contributed by atoms with Crippen molar-refractivity contribution in [1.82, 2.24) is 29.7 Å². The van der Waals surface area contributed by atoms with Gasteiger partial charge in [0.05, 0.1) is 22.6 Å². The van der Waals surface area contributed by atoms with Crippen molar-refractivity contribution in [1.29, 1.82) is 0 Å². The van der Waals surface area contributed by atoms with Gasteiger partial charge in [-0.05, 0) is 43.3 Å². The minimum atomic E-state index is -0.601. The van der Waals surface area contributed by atoms with Gasteiger partial charge in [-0.2, -0.15) is 0 Å². The number of fused-ring (bicyclic) bond motifs is 1. The Hall–Kier alpha value is -4.23. The molecule has 0 saturated heterocycles. The average molecular weight is 536 g/mol. The van der Waals surface area contributed by atoms with Gasteiger partial charge in [-0.3, -0.25) is 19.1 Å². The first-order valence-electron chi connectivity index (χ1n) is 11.3. The molecule has 3 heterocycles. The number of amides is 1. The first-order valence-corrected chi connectivity index (χ1v) is 13.1. The van der Waals surface area contributed by atoms with Crippen molar-refractivity contribution in [2.24, 2.45) is 0 Å². The number of carbonyl (C=O) groups is 1. The lowest BCUT2D eigenvalue weighted by Gasteiger charge is -2.11. The molecule has 13 heteroatoms. The van der Waals surface area contributed by atoms with Gasteiger partial charge in [-0.15, -0.1) is 10.2 Å². The monoisotopic (exact) mass is 535 g/mol. The molecule has 1 amide bonds. The summed E-state index contributed by atoms with van der Waals surface area (Å²) in [5.74, 6) is 1.04. The molecule has 188 valence electrons. The van der Waals surface area contributed by atoms with E-state index in [0.29, 0.717) is 34.2 Å². The molecule has 0 radical (unpaired) electrons. The maximum absolute atomic E-state index is 12.7. The lowest BCUT2D eigenvalue weighted by atomic mass is 10.2. The number of aromatic nitrogens is 6. The molecule has 0 atom stereocenters. The van der Waals surface area contributed by atoms with Crippen LogP contribution in [-0.2, 0) is 11.2 Å². The zero-order chi connectivity index (χ0) is 25.8. The Kier molecular flexibility index (Phi) is 7.14. The molecule has 5 aromatic rings. The number of para-hydroxylation sites is 1. The van der Waals surface area contributed by atoms with Crippen LogP contribution in [-0.4, -0.2) is 48.0 Å². The third kappa shape index (κ3) is 5.78. The molecule has 2 aromatic carbocycles. The van der Waals surface area contributed by atoms with Crippen LogP contribution in [0.5, 0.6) is 5.75 Å². The van der Waals surface area contributed by atoms with Crippen molar-refractivity contribution in [2.75, 3.05) is 17.7 Å². The van der Waals surface area contributed by atoms with Crippen LogP contribution in [0.15, 0.2) is 69.3 Å². The molecule has 11 nitrogen and oxygen atoms in total. The summed E-state index contributed by atoms with van der Waals surface area (Å²) < 4.78 is 8.31. The molecule has 0 bridgehead atoms. The van der Waals surface area contributed by atoms with Crippen LogP contribution in [0.2, 0.25) is 0 Å². The third-order valence-corrected chi connectivity index (χ3v) is 7.02. The number of carbonyl (C=O) groups excluding carboxylic acids is 1. The van der Waals surface area contributed by atoms with E-state index in [1.165, 1.54) is 29.2 Å². The molecule has 0 spiro atoms. The highest BCUT2D eigenvalue weighted by atomic mass is 32.2. The summed E-state index contributed by atoms with van der Waals surface area (Å²) in [6.45, 7) is 2.44. The van der Waals surface area contributed by atoms with Crippen LogP contribution in [0.3, 0.4) is 0 Å². The molecule has 0 aliphatic rings. The lowest BCUT2D eigenvalue weighted by Crippen LogP contribution is -2.23. The summed E-state index contributed by atoms with van der Waals surface area (Å²) in [5, 5.41) is 12.4. The summed E-state index contributed by atoms with van der Waals surface area (Å²) in [6.07, 6.45) is 0.151. The minimum absolute atomic E-state index is 0.0763. The van der Waals surface area contributed by atoms with Crippen LogP contribution >= 0.6 is 23.1 Å². The zero-order valence-corrected chi connectivity index (χ0v) is 21.2. The number of benzene rings is 2. The number of nitrogens with one attached hydrogen (secondary N) is 3. The predicted molar refractivity (Wildman–Crippen MR) is 142 cm³/mol. The third-order valence-electron chi connectivity index (χ3n) is 5.14. The van der Waals surface area contributed by atoms with Crippen LogP contribution < -0.4 is 21.3 Å². The van der Waals surface area contributed by atoms with Gasteiger partial charge in [0.25, 0.3) is 5.56 Å². The number of thiazole rings is 1. The number of anilines is 1. The average Bonchev–Trinajstić information content (AvgIpc) is 3.46. The number of rotatable bonds is 9. The molecule has 37 heavy (non-hydrogen) atoms. The fraction of sp³-hybridized carbons (Fsp3) is 0.167. The van der Waals surface area contributed by atoms with Gasteiger partial charge >= 0.3 is 5.69 Å². The van der Waals surface area contributed by atoms with E-state index in [1.807, 2.05) is 55.5 Å². The summed E-state index contributed by atoms with van der Waals surface area (Å²) in [6, 6.07) is 16.3. The fourth-order valence-electron chi connectivity index (χ4n) is 3.62. The zero-order valence-electron chi connectivity index (χ0n) is 19.6. The van der Waals surface area contributed by atoms with E-state index >= 15 is 0 Å². The minimum Gasteiger partial charge on any atom is -0.494 e. The summed E-state index contributed by atoms with van der Waals surface area (Å²) in [5.41, 5.74) is 0.846. The molecule has 0 saturated carbocycles. The number of nitrogens with zero attached hydrogens (tertiary/aromatic N) is 4. The van der Waals surface area contributed by atoms with Crippen LogP contribution in [0.4, 0.5) is 5.13 Å². The normalized spacial score (nSPS) is 11.1. The number of H-pyrrole nitrogens is 2. The molecule has 0 aliphatic carbocycles. The number of hydrogen-bond donors (Lipinski definition) is 3. The Morgan fingerprint density at radius 2 is 1.92 bits per heavy atom. The van der Waals surface area contributed by atoms with Gasteiger partial charge in [-0.1, -0.05) is 35.2 Å². The number of thioether (sulfide) groups is 1. The van der Waals surface area contributed by atoms with Crippen molar-refractivity contribution in [3.63, 3.8) is 0 Å². The largest absolute Gasteiger partial charge is 0.494 e. The molecule has 0 aliphatic heterocycles. The summed E-state index contributed by atoms with van der Waals surface area (Å²) in [4.78, 5) is 45.4. The molecule has 3 aromatic heterocycles. The van der Waals surface area contributed by atoms with E-state index in [9.17, 15) is 14.4 Å². The van der Waals surface area contributed by atoms with Gasteiger partial charge in [0.15, 0.2) is 10.3 Å². The van der Waals surface area contributed by atoms with Crippen LogP contribution in [0, 0.1) is 0 Å². The van der Waals surface area contributed by atoms with Gasteiger partial charge in [0, 0.05) is 23.9 Å². The van der Waals surface area contributed by atoms with Crippen molar-refractivity contribution in [3.05, 3.63) is 87.0 Å². The van der Waals surface area contributed by atoms with Gasteiger partial charge in [0.1, 0.15) is 11.6 Å². The molecular weight excluding hydrogens is 514 g/mol. The number of hydrogen-bond acceptors (Lipinski definition) is 9. The van der Waals surface area contributed by atoms with Gasteiger partial charge < -0.3 is 15.0 Å². The van der Waals surface area contributed by atoms with Crippen molar-refractivity contribution >= 4 is 44.4 Å². The Balaban J connectivity index is 1.39. The first-order chi connectivity index (χ1) is 18.0. The SMILES string of the molecule is CCOc1ccc(-n2c(Cc3cc(=O)[nH]c(=O)[nH]3)nnc2SCC(=O)Nc2nc3ccccc3s2)cc1. The maximum atomic E-state index is 12.7. The lowest BCUT2D eigenvalue weighted by molar-refractivity contribution is -0.113. The van der Waals surface area contributed by atoms with E-state index in [1.54, 1.807) is 4.57 Å². The highest BCUT2D eigenvalue weighted by molar-refractivity contribution is 7.99.